The maximum absolute atomic E-state index is 10.8. The summed E-state index contributed by atoms with van der Waals surface area (Å²) < 4.78 is 5.47. The van der Waals surface area contributed by atoms with E-state index in [1.807, 2.05) is 0 Å². The number of amides is 1. The van der Waals surface area contributed by atoms with Crippen LogP contribution in [0.5, 0.6) is 0 Å². The van der Waals surface area contributed by atoms with Crippen molar-refractivity contribution >= 4 is 5.91 Å². The molecule has 0 aliphatic heterocycles. The minimum absolute atomic E-state index is 0.174. The van der Waals surface area contributed by atoms with Gasteiger partial charge in [0.25, 0.3) is 0 Å². The molecule has 0 saturated heterocycles. The second-order valence-corrected chi connectivity index (χ2v) is 4.07. The summed E-state index contributed by atoms with van der Waals surface area (Å²) in [6.07, 6.45) is 7.00. The average molecular weight is 212 g/mol. The van der Waals surface area contributed by atoms with Crippen LogP contribution in [0.3, 0.4) is 0 Å². The molecular formula is C11H20N2O2. The van der Waals surface area contributed by atoms with E-state index in [9.17, 15) is 4.79 Å². The van der Waals surface area contributed by atoms with Gasteiger partial charge in [-0.2, -0.15) is 0 Å². The smallest absolute Gasteiger partial charge is 0.236 e. The Labute approximate surface area is 90.8 Å². The Balaban J connectivity index is 2.09. The predicted octanol–water partition coefficient (Wildman–Crippen LogP) is 0.985. The number of carbonyl (C=O) groups is 1. The lowest BCUT2D eigenvalue weighted by molar-refractivity contribution is -0.122. The van der Waals surface area contributed by atoms with Crippen LogP contribution >= 0.6 is 0 Å². The van der Waals surface area contributed by atoms with Gasteiger partial charge in [0, 0.05) is 6.61 Å². The topological polar surface area (TPSA) is 64.3 Å². The molecule has 0 bridgehead atoms. The lowest BCUT2D eigenvalue weighted by Crippen LogP contribution is -2.31. The summed E-state index contributed by atoms with van der Waals surface area (Å²) in [5.41, 5.74) is 2.08. The van der Waals surface area contributed by atoms with E-state index in [1.165, 1.54) is 0 Å². The summed E-state index contributed by atoms with van der Waals surface area (Å²) in [7, 11) is 0. The second kappa shape index (κ2) is 6.58. The van der Waals surface area contributed by atoms with Gasteiger partial charge in [0.1, 0.15) is 0 Å². The summed E-state index contributed by atoms with van der Waals surface area (Å²) in [6.45, 7) is 3.43. The molecule has 4 nitrogen and oxygen atoms in total. The fraction of sp³-hybridized carbons (Fsp3) is 0.727. The van der Waals surface area contributed by atoms with Gasteiger partial charge in [-0.05, 0) is 24.7 Å². The van der Waals surface area contributed by atoms with E-state index in [2.05, 4.69) is 24.5 Å². The highest BCUT2D eigenvalue weighted by Crippen LogP contribution is 2.24. The molecule has 4 heteroatoms. The number of hydrogen-bond acceptors (Lipinski definition) is 3. The Hall–Kier alpha value is -0.870. The molecule has 15 heavy (non-hydrogen) atoms. The van der Waals surface area contributed by atoms with Gasteiger partial charge < -0.3 is 4.74 Å². The largest absolute Gasteiger partial charge is 0.381 e. The number of nitrogens with two attached hydrogens (primary N) is 1. The number of nitrogens with one attached hydrogen (secondary N) is 1. The number of allylic oxidation sites excluding steroid dienone is 2. The minimum atomic E-state index is -0.174. The monoisotopic (exact) mass is 212 g/mol. The van der Waals surface area contributed by atoms with E-state index in [0.29, 0.717) is 24.9 Å². The highest BCUT2D eigenvalue weighted by Gasteiger charge is 2.18. The molecule has 2 atom stereocenters. The van der Waals surface area contributed by atoms with E-state index >= 15 is 0 Å². The lowest BCUT2D eigenvalue weighted by Gasteiger charge is -2.24. The quantitative estimate of drug-likeness (QED) is 0.235. The molecule has 0 radical (unpaired) electrons. The lowest BCUT2D eigenvalue weighted by atomic mass is 9.85. The molecule has 0 aromatic rings. The Morgan fingerprint density at radius 3 is 2.93 bits per heavy atom. The molecular weight excluding hydrogens is 192 g/mol. The maximum atomic E-state index is 10.8. The molecule has 86 valence electrons. The molecule has 0 fully saturated rings. The van der Waals surface area contributed by atoms with Crippen molar-refractivity contribution in [3.8, 4) is 0 Å². The molecule has 0 aromatic carbocycles. The van der Waals surface area contributed by atoms with Crippen LogP contribution < -0.4 is 11.3 Å². The van der Waals surface area contributed by atoms with Crippen molar-refractivity contribution in [2.24, 2.45) is 17.7 Å². The van der Waals surface area contributed by atoms with Gasteiger partial charge in [-0.15, -0.1) is 0 Å². The van der Waals surface area contributed by atoms with E-state index in [4.69, 9.17) is 10.6 Å². The molecule has 0 spiro atoms. The molecule has 2 unspecified atom stereocenters. The summed E-state index contributed by atoms with van der Waals surface area (Å²) in [4.78, 5) is 10.8. The van der Waals surface area contributed by atoms with Crippen molar-refractivity contribution in [2.75, 3.05) is 13.2 Å². The van der Waals surface area contributed by atoms with Crippen LogP contribution in [-0.2, 0) is 9.53 Å². The van der Waals surface area contributed by atoms with Gasteiger partial charge in [0.05, 0.1) is 13.0 Å². The van der Waals surface area contributed by atoms with E-state index in [-0.39, 0.29) is 5.91 Å². The van der Waals surface area contributed by atoms with Gasteiger partial charge in [-0.1, -0.05) is 19.1 Å². The average Bonchev–Trinajstić information content (AvgIpc) is 2.26. The molecule has 1 rings (SSSR count). The van der Waals surface area contributed by atoms with Crippen LogP contribution in [0.15, 0.2) is 12.2 Å². The van der Waals surface area contributed by atoms with E-state index in [0.717, 1.165) is 19.4 Å². The molecule has 1 aliphatic rings. The zero-order chi connectivity index (χ0) is 11.1. The van der Waals surface area contributed by atoms with Crippen molar-refractivity contribution in [3.05, 3.63) is 12.2 Å². The molecule has 3 N–H and O–H groups in total. The van der Waals surface area contributed by atoms with Gasteiger partial charge in [0.2, 0.25) is 5.91 Å². The molecule has 1 amide bonds. The summed E-state index contributed by atoms with van der Waals surface area (Å²) >= 11 is 0. The summed E-state index contributed by atoms with van der Waals surface area (Å²) in [5.74, 6) is 6.05. The van der Waals surface area contributed by atoms with Crippen LogP contribution in [0.25, 0.3) is 0 Å². The Morgan fingerprint density at radius 2 is 2.27 bits per heavy atom. The highest BCUT2D eigenvalue weighted by molar-refractivity contribution is 5.75. The first-order valence-corrected chi connectivity index (χ1v) is 5.46. The number of hydrogen-bond donors (Lipinski definition) is 2. The first-order chi connectivity index (χ1) is 7.24. The van der Waals surface area contributed by atoms with Crippen molar-refractivity contribution in [3.63, 3.8) is 0 Å². The highest BCUT2D eigenvalue weighted by atomic mass is 16.5. The normalized spacial score (nSPS) is 25.2. The molecule has 0 heterocycles. The van der Waals surface area contributed by atoms with Gasteiger partial charge >= 0.3 is 0 Å². The minimum Gasteiger partial charge on any atom is -0.381 e. The number of hydrazine groups is 1. The molecule has 0 aromatic heterocycles. The summed E-state index contributed by atoms with van der Waals surface area (Å²) in [6, 6.07) is 0. The SMILES string of the molecule is CC1CC=CCC1COCCC(=O)NN. The van der Waals surface area contributed by atoms with Gasteiger partial charge in [0.15, 0.2) is 0 Å². The second-order valence-electron chi connectivity index (χ2n) is 4.07. The zero-order valence-electron chi connectivity index (χ0n) is 9.24. The number of rotatable bonds is 5. The van der Waals surface area contributed by atoms with Crippen LogP contribution in [-0.4, -0.2) is 19.1 Å². The van der Waals surface area contributed by atoms with Gasteiger partial charge in [-0.3, -0.25) is 10.2 Å². The molecule has 1 aliphatic carbocycles. The predicted molar refractivity (Wildman–Crippen MR) is 58.8 cm³/mol. The van der Waals surface area contributed by atoms with Crippen LogP contribution in [0.1, 0.15) is 26.2 Å². The standard InChI is InChI=1S/C11H20N2O2/c1-9-4-2-3-5-10(9)8-15-7-6-11(14)13-12/h2-3,9-10H,4-8,12H2,1H3,(H,13,14). The first-order valence-electron chi connectivity index (χ1n) is 5.46. The van der Waals surface area contributed by atoms with Crippen LogP contribution in [0.4, 0.5) is 0 Å². The Morgan fingerprint density at radius 1 is 1.53 bits per heavy atom. The van der Waals surface area contributed by atoms with Crippen molar-refractivity contribution in [1.82, 2.24) is 5.43 Å². The van der Waals surface area contributed by atoms with E-state index < -0.39 is 0 Å². The Kier molecular flexibility index (Phi) is 5.36. The third-order valence-corrected chi connectivity index (χ3v) is 2.88. The molecule has 0 saturated carbocycles. The van der Waals surface area contributed by atoms with Crippen molar-refractivity contribution < 1.29 is 9.53 Å². The summed E-state index contributed by atoms with van der Waals surface area (Å²) in [5, 5.41) is 0. The van der Waals surface area contributed by atoms with Gasteiger partial charge in [-0.25, -0.2) is 5.84 Å². The number of ether oxygens (including phenoxy) is 1. The van der Waals surface area contributed by atoms with E-state index in [1.54, 1.807) is 0 Å². The van der Waals surface area contributed by atoms with Crippen molar-refractivity contribution in [2.45, 2.75) is 26.2 Å². The van der Waals surface area contributed by atoms with Crippen LogP contribution in [0.2, 0.25) is 0 Å². The zero-order valence-corrected chi connectivity index (χ0v) is 9.24. The third-order valence-electron chi connectivity index (χ3n) is 2.88. The number of carbonyl (C=O) groups excluding carboxylic acids is 1. The Bertz CT molecular complexity index is 229. The first kappa shape index (κ1) is 12.2. The fourth-order valence-electron chi connectivity index (χ4n) is 1.71. The third kappa shape index (κ3) is 4.44. The fourth-order valence-corrected chi connectivity index (χ4v) is 1.71. The van der Waals surface area contributed by atoms with Crippen molar-refractivity contribution in [1.29, 1.82) is 0 Å². The van der Waals surface area contributed by atoms with Crippen LogP contribution in [0, 0.1) is 11.8 Å². The maximum Gasteiger partial charge on any atom is 0.236 e.